The van der Waals surface area contributed by atoms with Crippen molar-refractivity contribution in [1.82, 2.24) is 5.48 Å². The number of rotatable bonds is 5. The molecule has 5 nitrogen and oxygen atoms in total. The molecule has 0 aliphatic heterocycles. The second-order valence-corrected chi connectivity index (χ2v) is 4.72. The molecule has 0 radical (unpaired) electrons. The molecule has 0 aromatic heterocycles. The van der Waals surface area contributed by atoms with Gasteiger partial charge in [0.25, 0.3) is 5.69 Å². The number of hydrogen-bond donors (Lipinski definition) is 1. The van der Waals surface area contributed by atoms with Crippen molar-refractivity contribution >= 4 is 5.69 Å². The molecule has 1 aromatic rings. The second kappa shape index (κ2) is 5.93. The molecule has 0 bridgehead atoms. The minimum absolute atomic E-state index is 0.162. The van der Waals surface area contributed by atoms with Crippen LogP contribution in [0.3, 0.4) is 0 Å². The van der Waals surface area contributed by atoms with Gasteiger partial charge in [0.2, 0.25) is 0 Å². The van der Waals surface area contributed by atoms with E-state index in [9.17, 15) is 10.1 Å². The van der Waals surface area contributed by atoms with Gasteiger partial charge in [-0.3, -0.25) is 15.0 Å². The summed E-state index contributed by atoms with van der Waals surface area (Å²) < 4.78 is 0. The molecule has 0 saturated heterocycles. The Labute approximate surface area is 106 Å². The summed E-state index contributed by atoms with van der Waals surface area (Å²) in [5, 5.41) is 10.8. The normalized spacial score (nSPS) is 16.1. The smallest absolute Gasteiger partial charge is 0.272 e. The van der Waals surface area contributed by atoms with Crippen LogP contribution >= 0.6 is 0 Å². The molecule has 98 valence electrons. The molecule has 0 heterocycles. The highest BCUT2D eigenvalue weighted by molar-refractivity contribution is 5.42. The lowest BCUT2D eigenvalue weighted by Gasteiger charge is -2.11. The molecular formula is C13H18N2O3. The Balaban J connectivity index is 1.88. The van der Waals surface area contributed by atoms with Gasteiger partial charge in [-0.1, -0.05) is 25.0 Å². The summed E-state index contributed by atoms with van der Waals surface area (Å²) >= 11 is 0. The molecule has 0 spiro atoms. The SMILES string of the molecule is Cc1ccc(CNOC2CCCC2)cc1[N+](=O)[O-]. The van der Waals surface area contributed by atoms with Gasteiger partial charge in [-0.05, 0) is 25.3 Å². The molecule has 1 aromatic carbocycles. The number of nitro groups is 1. The van der Waals surface area contributed by atoms with E-state index in [-0.39, 0.29) is 10.6 Å². The molecule has 1 aliphatic carbocycles. The van der Waals surface area contributed by atoms with Crippen molar-refractivity contribution < 1.29 is 9.76 Å². The van der Waals surface area contributed by atoms with Gasteiger partial charge < -0.3 is 0 Å². The van der Waals surface area contributed by atoms with Crippen molar-refractivity contribution in [1.29, 1.82) is 0 Å². The third-order valence-corrected chi connectivity index (χ3v) is 3.30. The van der Waals surface area contributed by atoms with Crippen LogP contribution in [0.2, 0.25) is 0 Å². The standard InChI is InChI=1S/C13H18N2O3/c1-10-6-7-11(8-13(10)15(16)17)9-14-18-12-4-2-3-5-12/h6-8,12,14H,2-5,9H2,1H3. The summed E-state index contributed by atoms with van der Waals surface area (Å²) in [5.41, 5.74) is 4.62. The maximum absolute atomic E-state index is 10.8. The molecule has 0 unspecified atom stereocenters. The Morgan fingerprint density at radius 1 is 1.44 bits per heavy atom. The number of nitro benzene ring substituents is 1. The summed E-state index contributed by atoms with van der Waals surface area (Å²) in [5.74, 6) is 0. The Kier molecular flexibility index (Phi) is 4.28. The average molecular weight is 250 g/mol. The van der Waals surface area contributed by atoms with E-state index in [0.717, 1.165) is 18.4 Å². The van der Waals surface area contributed by atoms with Crippen molar-refractivity contribution in [2.75, 3.05) is 0 Å². The molecular weight excluding hydrogens is 232 g/mol. The van der Waals surface area contributed by atoms with E-state index in [1.54, 1.807) is 19.1 Å². The Morgan fingerprint density at radius 3 is 2.83 bits per heavy atom. The first-order valence-corrected chi connectivity index (χ1v) is 6.29. The minimum Gasteiger partial charge on any atom is -0.298 e. The number of benzene rings is 1. The van der Waals surface area contributed by atoms with E-state index in [2.05, 4.69) is 5.48 Å². The third kappa shape index (κ3) is 3.27. The van der Waals surface area contributed by atoms with Crippen LogP contribution in [0.25, 0.3) is 0 Å². The highest BCUT2D eigenvalue weighted by Gasteiger charge is 2.15. The van der Waals surface area contributed by atoms with Gasteiger partial charge >= 0.3 is 0 Å². The highest BCUT2D eigenvalue weighted by Crippen LogP contribution is 2.21. The summed E-state index contributed by atoms with van der Waals surface area (Å²) in [6.07, 6.45) is 4.94. The van der Waals surface area contributed by atoms with Crippen LogP contribution in [0.1, 0.15) is 36.8 Å². The quantitative estimate of drug-likeness (QED) is 0.644. The van der Waals surface area contributed by atoms with Gasteiger partial charge in [-0.25, -0.2) is 0 Å². The third-order valence-electron chi connectivity index (χ3n) is 3.30. The van der Waals surface area contributed by atoms with E-state index in [0.29, 0.717) is 18.2 Å². The van der Waals surface area contributed by atoms with Crippen LogP contribution in [-0.4, -0.2) is 11.0 Å². The molecule has 1 aliphatic rings. The molecule has 18 heavy (non-hydrogen) atoms. The number of nitrogens with one attached hydrogen (secondary N) is 1. The summed E-state index contributed by atoms with van der Waals surface area (Å²) in [6, 6.07) is 5.25. The zero-order valence-corrected chi connectivity index (χ0v) is 10.5. The molecule has 0 amide bonds. The lowest BCUT2D eigenvalue weighted by molar-refractivity contribution is -0.385. The molecule has 1 fully saturated rings. The fourth-order valence-electron chi connectivity index (χ4n) is 2.21. The van der Waals surface area contributed by atoms with Crippen LogP contribution in [0.5, 0.6) is 0 Å². The van der Waals surface area contributed by atoms with Gasteiger partial charge in [0.1, 0.15) is 0 Å². The molecule has 2 rings (SSSR count). The van der Waals surface area contributed by atoms with Gasteiger partial charge in [-0.2, -0.15) is 5.48 Å². The fraction of sp³-hybridized carbons (Fsp3) is 0.538. The van der Waals surface area contributed by atoms with Crippen LogP contribution in [0.15, 0.2) is 18.2 Å². The van der Waals surface area contributed by atoms with Crippen molar-refractivity contribution in [3.63, 3.8) is 0 Å². The van der Waals surface area contributed by atoms with Crippen LogP contribution in [0, 0.1) is 17.0 Å². The Hall–Kier alpha value is -1.46. The van der Waals surface area contributed by atoms with Crippen LogP contribution < -0.4 is 5.48 Å². The predicted octanol–water partition coefficient (Wildman–Crippen LogP) is 2.87. The topological polar surface area (TPSA) is 64.4 Å². The lowest BCUT2D eigenvalue weighted by Crippen LogP contribution is -2.21. The van der Waals surface area contributed by atoms with Gasteiger partial charge in [0.05, 0.1) is 11.0 Å². The van der Waals surface area contributed by atoms with Crippen molar-refractivity contribution in [2.24, 2.45) is 0 Å². The van der Waals surface area contributed by atoms with Gasteiger partial charge in [0, 0.05) is 18.2 Å². The summed E-state index contributed by atoms with van der Waals surface area (Å²) in [6.45, 7) is 2.24. The number of hydroxylamine groups is 1. The number of hydrogen-bond acceptors (Lipinski definition) is 4. The van der Waals surface area contributed by atoms with E-state index < -0.39 is 0 Å². The molecule has 1 saturated carbocycles. The zero-order valence-electron chi connectivity index (χ0n) is 10.5. The average Bonchev–Trinajstić information content (AvgIpc) is 2.84. The van der Waals surface area contributed by atoms with Crippen molar-refractivity contribution in [3.05, 3.63) is 39.4 Å². The molecule has 5 heteroatoms. The molecule has 1 N–H and O–H groups in total. The molecule has 0 atom stereocenters. The Morgan fingerprint density at radius 2 is 2.17 bits per heavy atom. The van der Waals surface area contributed by atoms with Crippen molar-refractivity contribution in [2.45, 2.75) is 45.3 Å². The van der Waals surface area contributed by atoms with E-state index in [4.69, 9.17) is 4.84 Å². The fourth-order valence-corrected chi connectivity index (χ4v) is 2.21. The second-order valence-electron chi connectivity index (χ2n) is 4.72. The lowest BCUT2D eigenvalue weighted by atomic mass is 10.1. The number of nitrogens with zero attached hydrogens (tertiary/aromatic N) is 1. The zero-order chi connectivity index (χ0) is 13.0. The van der Waals surface area contributed by atoms with E-state index in [1.165, 1.54) is 12.8 Å². The maximum atomic E-state index is 10.8. The van der Waals surface area contributed by atoms with E-state index >= 15 is 0 Å². The van der Waals surface area contributed by atoms with E-state index in [1.807, 2.05) is 6.07 Å². The monoisotopic (exact) mass is 250 g/mol. The first-order valence-electron chi connectivity index (χ1n) is 6.29. The minimum atomic E-state index is -0.351. The predicted molar refractivity (Wildman–Crippen MR) is 68.0 cm³/mol. The summed E-state index contributed by atoms with van der Waals surface area (Å²) in [4.78, 5) is 16.0. The Bertz CT molecular complexity index is 428. The van der Waals surface area contributed by atoms with Gasteiger partial charge in [-0.15, -0.1) is 0 Å². The first-order chi connectivity index (χ1) is 8.66. The van der Waals surface area contributed by atoms with Crippen LogP contribution in [0.4, 0.5) is 5.69 Å². The van der Waals surface area contributed by atoms with Gasteiger partial charge in [0.15, 0.2) is 0 Å². The summed E-state index contributed by atoms with van der Waals surface area (Å²) in [7, 11) is 0. The first kappa shape index (κ1) is 13.0. The number of aryl methyl sites for hydroxylation is 1. The van der Waals surface area contributed by atoms with Crippen LogP contribution in [-0.2, 0) is 11.4 Å². The largest absolute Gasteiger partial charge is 0.298 e. The maximum Gasteiger partial charge on any atom is 0.272 e. The van der Waals surface area contributed by atoms with Crippen molar-refractivity contribution in [3.8, 4) is 0 Å². The highest BCUT2D eigenvalue weighted by atomic mass is 16.7.